The number of likely N-dealkylation sites (tertiary alicyclic amines) is 1. The van der Waals surface area contributed by atoms with E-state index in [0.717, 1.165) is 61.6 Å². The lowest BCUT2D eigenvalue weighted by Gasteiger charge is -2.28. The van der Waals surface area contributed by atoms with E-state index in [4.69, 9.17) is 9.98 Å². The molecule has 4 nitrogen and oxygen atoms in total. The summed E-state index contributed by atoms with van der Waals surface area (Å²) in [5.74, 6) is 4.31. The second-order valence-corrected chi connectivity index (χ2v) is 7.44. The topological polar surface area (TPSA) is 31.2 Å². The first kappa shape index (κ1) is 17.1. The van der Waals surface area contributed by atoms with Gasteiger partial charge in [-0.2, -0.15) is 16.8 Å². The van der Waals surface area contributed by atoms with Crippen LogP contribution in [-0.4, -0.2) is 59.3 Å². The van der Waals surface area contributed by atoms with Gasteiger partial charge in [-0.1, -0.05) is 18.2 Å². The fraction of sp³-hybridized carbons (Fsp3) is 0.474. The number of amidine groups is 1. The second-order valence-electron chi connectivity index (χ2n) is 6.22. The summed E-state index contributed by atoms with van der Waals surface area (Å²) < 4.78 is 0. The van der Waals surface area contributed by atoms with Crippen LogP contribution in [0.15, 0.2) is 46.9 Å². The van der Waals surface area contributed by atoms with Gasteiger partial charge in [-0.25, -0.2) is 4.99 Å². The smallest absolute Gasteiger partial charge is 0.227 e. The highest BCUT2D eigenvalue weighted by molar-refractivity contribution is 7.99. The van der Waals surface area contributed by atoms with Crippen LogP contribution in [0.2, 0.25) is 0 Å². The van der Waals surface area contributed by atoms with Crippen molar-refractivity contribution in [2.75, 3.05) is 37.7 Å². The zero-order chi connectivity index (χ0) is 16.8. The largest absolute Gasteiger partial charge is 0.356 e. The van der Waals surface area contributed by atoms with Gasteiger partial charge in [0.2, 0.25) is 5.96 Å². The molecule has 24 heavy (non-hydrogen) atoms. The minimum absolute atomic E-state index is 0.867. The summed E-state index contributed by atoms with van der Waals surface area (Å²) in [5.41, 5.74) is 2.22. The second kappa shape index (κ2) is 8.38. The summed E-state index contributed by atoms with van der Waals surface area (Å²) in [7, 11) is 0. The van der Waals surface area contributed by atoms with Gasteiger partial charge >= 0.3 is 0 Å². The molecule has 2 heterocycles. The molecule has 0 atom stereocenters. The molecule has 1 aromatic rings. The van der Waals surface area contributed by atoms with Gasteiger partial charge in [0, 0.05) is 44.1 Å². The van der Waals surface area contributed by atoms with Crippen LogP contribution in [0.5, 0.6) is 0 Å². The van der Waals surface area contributed by atoms with Crippen LogP contribution >= 0.6 is 11.8 Å². The molecule has 0 bridgehead atoms. The van der Waals surface area contributed by atoms with Gasteiger partial charge in [-0.3, -0.25) is 0 Å². The van der Waals surface area contributed by atoms with E-state index < -0.39 is 0 Å². The van der Waals surface area contributed by atoms with Crippen LogP contribution in [0.3, 0.4) is 0 Å². The van der Waals surface area contributed by atoms with Crippen LogP contribution < -0.4 is 0 Å². The van der Waals surface area contributed by atoms with Crippen molar-refractivity contribution < 1.29 is 0 Å². The van der Waals surface area contributed by atoms with Gasteiger partial charge in [0.15, 0.2) is 0 Å². The number of thioether (sulfide) groups is 1. The van der Waals surface area contributed by atoms with Crippen molar-refractivity contribution in [1.29, 1.82) is 0 Å². The van der Waals surface area contributed by atoms with E-state index in [-0.39, 0.29) is 0 Å². The molecule has 0 spiro atoms. The Balaban J connectivity index is 1.91. The molecule has 128 valence electrons. The van der Waals surface area contributed by atoms with Crippen LogP contribution in [-0.2, 0) is 0 Å². The van der Waals surface area contributed by atoms with Crippen molar-refractivity contribution in [3.05, 3.63) is 42.5 Å². The van der Waals surface area contributed by atoms with E-state index in [9.17, 15) is 0 Å². The molecule has 5 heteroatoms. The molecule has 0 saturated carbocycles. The van der Waals surface area contributed by atoms with Gasteiger partial charge in [-0.05, 0) is 31.0 Å². The first-order valence-corrected chi connectivity index (χ1v) is 9.83. The van der Waals surface area contributed by atoms with E-state index in [1.165, 1.54) is 12.0 Å². The molecule has 3 rings (SSSR count). The van der Waals surface area contributed by atoms with E-state index in [2.05, 4.69) is 47.6 Å². The lowest BCUT2D eigenvalue weighted by Crippen LogP contribution is -2.38. The average Bonchev–Trinajstić information content (AvgIpc) is 3.03. The van der Waals surface area contributed by atoms with Crippen LogP contribution in [0.1, 0.15) is 18.4 Å². The number of benzene rings is 1. The maximum absolute atomic E-state index is 4.99. The molecule has 2 fully saturated rings. The van der Waals surface area contributed by atoms with Gasteiger partial charge in [0.25, 0.3) is 0 Å². The van der Waals surface area contributed by atoms with Crippen molar-refractivity contribution in [2.24, 2.45) is 9.98 Å². The highest BCUT2D eigenvalue weighted by Crippen LogP contribution is 2.19. The Morgan fingerprint density at radius 2 is 2.12 bits per heavy atom. The standard InChI is InChI=1S/C19H26N4S/c1-3-9-22-10-5-8-18(22)21-19(23-11-13-24-14-12-23)20-17-7-4-6-16(2)15-17/h3-4,6-7,15H,1,5,8-14H2,2H3. The summed E-state index contributed by atoms with van der Waals surface area (Å²) in [5, 5.41) is 0. The van der Waals surface area contributed by atoms with E-state index >= 15 is 0 Å². The number of hydrogen-bond donors (Lipinski definition) is 0. The predicted molar refractivity (Wildman–Crippen MR) is 106 cm³/mol. The number of hydrogen-bond acceptors (Lipinski definition) is 2. The SMILES string of the molecule is C=CCN1CCCC1=NC(=Nc1cccc(C)c1)N1CCSCC1. The van der Waals surface area contributed by atoms with Crippen LogP contribution in [0.25, 0.3) is 0 Å². The summed E-state index contributed by atoms with van der Waals surface area (Å²) in [6.45, 7) is 9.95. The van der Waals surface area contributed by atoms with E-state index in [1.807, 2.05) is 17.8 Å². The number of aryl methyl sites for hydroxylation is 1. The van der Waals surface area contributed by atoms with Gasteiger partial charge < -0.3 is 9.80 Å². The quantitative estimate of drug-likeness (QED) is 0.477. The Hall–Kier alpha value is -1.75. The predicted octanol–water partition coefficient (Wildman–Crippen LogP) is 3.71. The zero-order valence-corrected chi connectivity index (χ0v) is 15.3. The molecule has 0 aliphatic carbocycles. The van der Waals surface area contributed by atoms with Gasteiger partial charge in [0.05, 0.1) is 5.69 Å². The Bertz CT molecular complexity index is 632. The Morgan fingerprint density at radius 1 is 1.29 bits per heavy atom. The highest BCUT2D eigenvalue weighted by Gasteiger charge is 2.21. The summed E-state index contributed by atoms with van der Waals surface area (Å²) in [6.07, 6.45) is 4.15. The lowest BCUT2D eigenvalue weighted by molar-refractivity contribution is 0.455. The first-order valence-electron chi connectivity index (χ1n) is 8.68. The molecule has 2 aliphatic heterocycles. The summed E-state index contributed by atoms with van der Waals surface area (Å²) in [4.78, 5) is 14.5. The van der Waals surface area contributed by atoms with Crippen molar-refractivity contribution in [3.63, 3.8) is 0 Å². The Kier molecular flexibility index (Phi) is 5.96. The normalized spacial score (nSPS) is 20.7. The first-order chi connectivity index (χ1) is 11.8. The average molecular weight is 343 g/mol. The molecule has 0 amide bonds. The zero-order valence-electron chi connectivity index (χ0n) is 14.4. The number of guanidine groups is 1. The molecule has 0 N–H and O–H groups in total. The molecule has 2 saturated heterocycles. The number of nitrogens with zero attached hydrogens (tertiary/aromatic N) is 4. The molecule has 2 aliphatic rings. The molecule has 0 unspecified atom stereocenters. The van der Waals surface area contributed by atoms with Crippen molar-refractivity contribution >= 4 is 29.2 Å². The Morgan fingerprint density at radius 3 is 2.88 bits per heavy atom. The maximum Gasteiger partial charge on any atom is 0.227 e. The third-order valence-corrected chi connectivity index (χ3v) is 5.24. The van der Waals surface area contributed by atoms with Gasteiger partial charge in [0.1, 0.15) is 5.84 Å². The van der Waals surface area contributed by atoms with Crippen LogP contribution in [0.4, 0.5) is 5.69 Å². The summed E-state index contributed by atoms with van der Waals surface area (Å²) in [6, 6.07) is 8.34. The maximum atomic E-state index is 4.99. The van der Waals surface area contributed by atoms with Crippen molar-refractivity contribution in [2.45, 2.75) is 19.8 Å². The third-order valence-electron chi connectivity index (χ3n) is 4.30. The van der Waals surface area contributed by atoms with E-state index in [1.54, 1.807) is 0 Å². The molecule has 0 radical (unpaired) electrons. The lowest BCUT2D eigenvalue weighted by atomic mass is 10.2. The van der Waals surface area contributed by atoms with Gasteiger partial charge in [-0.15, -0.1) is 6.58 Å². The van der Waals surface area contributed by atoms with Crippen LogP contribution in [0, 0.1) is 6.92 Å². The van der Waals surface area contributed by atoms with Crippen molar-refractivity contribution in [1.82, 2.24) is 9.80 Å². The van der Waals surface area contributed by atoms with Crippen molar-refractivity contribution in [3.8, 4) is 0 Å². The molecule has 0 aromatic heterocycles. The molecular weight excluding hydrogens is 316 g/mol. The monoisotopic (exact) mass is 342 g/mol. The van der Waals surface area contributed by atoms with E-state index in [0.29, 0.717) is 0 Å². The summed E-state index contributed by atoms with van der Waals surface area (Å²) >= 11 is 2.01. The number of aliphatic imine (C=N–C) groups is 2. The minimum Gasteiger partial charge on any atom is -0.356 e. The fourth-order valence-electron chi connectivity index (χ4n) is 3.05. The molecule has 1 aromatic carbocycles. The third kappa shape index (κ3) is 4.41. The Labute approximate surface area is 149 Å². The highest BCUT2D eigenvalue weighted by atomic mass is 32.2. The minimum atomic E-state index is 0.867. The molecular formula is C19H26N4S. The number of rotatable bonds is 3. The fourth-order valence-corrected chi connectivity index (χ4v) is 3.96.